The van der Waals surface area contributed by atoms with Gasteiger partial charge in [-0.2, -0.15) is 17.4 Å². The Morgan fingerprint density at radius 1 is 1.19 bits per heavy atom. The number of halogens is 1. The second-order valence-corrected chi connectivity index (χ2v) is 9.80. The summed E-state index contributed by atoms with van der Waals surface area (Å²) in [4.78, 5) is 11.6. The van der Waals surface area contributed by atoms with Crippen molar-refractivity contribution >= 4 is 10.2 Å². The molecule has 0 bridgehead atoms. The van der Waals surface area contributed by atoms with E-state index in [1.54, 1.807) is 19.9 Å². The maximum absolute atomic E-state index is 14.8. The van der Waals surface area contributed by atoms with Gasteiger partial charge >= 0.3 is 5.76 Å². The zero-order chi connectivity index (χ0) is 23.0. The first kappa shape index (κ1) is 22.4. The number of nitrogens with one attached hydrogen (secondary N) is 2. The molecule has 2 atom stereocenters. The van der Waals surface area contributed by atoms with Gasteiger partial charge in [0, 0.05) is 19.0 Å². The number of fused-ring (bicyclic) bond motifs is 1. The van der Waals surface area contributed by atoms with Crippen molar-refractivity contribution < 1.29 is 17.2 Å². The Morgan fingerprint density at radius 2 is 1.91 bits per heavy atom. The average molecular weight is 461 g/mol. The minimum Gasteiger partial charge on any atom is -0.391 e. The molecule has 0 spiro atoms. The highest BCUT2D eigenvalue weighted by Gasteiger charge is 2.36. The summed E-state index contributed by atoms with van der Waals surface area (Å²) in [5, 5.41) is 6.00. The van der Waals surface area contributed by atoms with Crippen LogP contribution >= 0.6 is 0 Å². The van der Waals surface area contributed by atoms with Gasteiger partial charge in [0.1, 0.15) is 11.9 Å². The first-order chi connectivity index (χ1) is 15.2. The van der Waals surface area contributed by atoms with E-state index in [9.17, 15) is 17.6 Å². The summed E-state index contributed by atoms with van der Waals surface area (Å²) in [5.41, 5.74) is 3.95. The van der Waals surface area contributed by atoms with Crippen LogP contribution in [0.3, 0.4) is 0 Å². The number of hydrogen-bond donors (Lipinski definition) is 2. The second kappa shape index (κ2) is 8.61. The molecule has 3 aromatic rings. The predicted molar refractivity (Wildman–Crippen MR) is 117 cm³/mol. The van der Waals surface area contributed by atoms with Crippen molar-refractivity contribution in [3.63, 3.8) is 0 Å². The van der Waals surface area contributed by atoms with E-state index in [1.165, 1.54) is 10.4 Å². The Kier molecular flexibility index (Phi) is 6.02. The SMILES string of the molecule is Cc1ccc(F)c([C@@H](C)[C@H](NS(=O)(=O)N2CCc3ccccc3C2)c2n[nH]c(=O)o2)c1C. The number of H-pyrrole nitrogens is 1. The number of aromatic nitrogens is 2. The molecule has 4 rings (SSSR count). The average Bonchev–Trinajstić information content (AvgIpc) is 3.20. The summed E-state index contributed by atoms with van der Waals surface area (Å²) >= 11 is 0. The number of benzene rings is 2. The van der Waals surface area contributed by atoms with Crippen molar-refractivity contribution in [3.8, 4) is 0 Å². The standard InChI is InChI=1S/C22H25FN4O4S/c1-13-8-9-18(23)19(14(13)2)15(3)20(21-24-25-22(28)31-21)26-32(29,30)27-11-10-16-6-4-5-7-17(16)12-27/h4-9,15,20,26H,10-12H2,1-3H3,(H,25,28)/t15-,20+/m1/s1. The molecule has 32 heavy (non-hydrogen) atoms. The lowest BCUT2D eigenvalue weighted by molar-refractivity contribution is 0.347. The molecule has 0 amide bonds. The van der Waals surface area contributed by atoms with Gasteiger partial charge in [0.05, 0.1) is 0 Å². The largest absolute Gasteiger partial charge is 0.434 e. The maximum atomic E-state index is 14.8. The van der Waals surface area contributed by atoms with E-state index < -0.39 is 33.7 Å². The van der Waals surface area contributed by atoms with Crippen molar-refractivity contribution in [2.45, 2.75) is 45.7 Å². The fraction of sp³-hybridized carbons (Fsp3) is 0.364. The van der Waals surface area contributed by atoms with Crippen LogP contribution in [0.25, 0.3) is 0 Å². The Labute approximate surface area is 185 Å². The predicted octanol–water partition coefficient (Wildman–Crippen LogP) is 2.86. The van der Waals surface area contributed by atoms with Crippen LogP contribution in [-0.4, -0.2) is 29.5 Å². The number of rotatable bonds is 6. The topological polar surface area (TPSA) is 108 Å². The lowest BCUT2D eigenvalue weighted by atomic mass is 9.88. The third kappa shape index (κ3) is 4.25. The highest BCUT2D eigenvalue weighted by atomic mass is 32.2. The van der Waals surface area contributed by atoms with Crippen molar-refractivity contribution in [1.82, 2.24) is 19.2 Å². The lowest BCUT2D eigenvalue weighted by Crippen LogP contribution is -2.45. The molecule has 10 heteroatoms. The summed E-state index contributed by atoms with van der Waals surface area (Å²) < 4.78 is 50.5. The molecule has 0 fully saturated rings. The van der Waals surface area contributed by atoms with Gasteiger partial charge in [0.15, 0.2) is 0 Å². The molecule has 170 valence electrons. The van der Waals surface area contributed by atoms with Gasteiger partial charge in [-0.3, -0.25) is 0 Å². The van der Waals surface area contributed by atoms with E-state index >= 15 is 0 Å². The van der Waals surface area contributed by atoms with Crippen LogP contribution in [0.1, 0.15) is 52.6 Å². The Balaban J connectivity index is 1.69. The van der Waals surface area contributed by atoms with Gasteiger partial charge in [0.25, 0.3) is 10.2 Å². The molecule has 0 unspecified atom stereocenters. The first-order valence-corrected chi connectivity index (χ1v) is 11.8. The molecule has 1 aromatic heterocycles. The van der Waals surface area contributed by atoms with Crippen molar-refractivity contribution in [2.24, 2.45) is 0 Å². The van der Waals surface area contributed by atoms with E-state index in [2.05, 4.69) is 14.9 Å². The summed E-state index contributed by atoms with van der Waals surface area (Å²) in [6.07, 6.45) is 0.584. The van der Waals surface area contributed by atoms with Crippen molar-refractivity contribution in [3.05, 3.63) is 86.5 Å². The first-order valence-electron chi connectivity index (χ1n) is 10.3. The molecule has 2 N–H and O–H groups in total. The molecule has 0 saturated heterocycles. The molecule has 1 aliphatic rings. The molecule has 2 heterocycles. The molecule has 1 aliphatic heterocycles. The van der Waals surface area contributed by atoms with Crippen LogP contribution in [0.15, 0.2) is 45.6 Å². The zero-order valence-electron chi connectivity index (χ0n) is 18.1. The van der Waals surface area contributed by atoms with E-state index in [0.29, 0.717) is 24.1 Å². The molecule has 2 aromatic carbocycles. The normalized spacial score (nSPS) is 16.5. The second-order valence-electron chi connectivity index (χ2n) is 8.10. The van der Waals surface area contributed by atoms with Crippen LogP contribution in [0.4, 0.5) is 4.39 Å². The number of aryl methyl sites for hydroxylation is 1. The Bertz CT molecular complexity index is 1300. The molecular weight excluding hydrogens is 435 g/mol. The summed E-state index contributed by atoms with van der Waals surface area (Å²) in [7, 11) is -4.01. The monoisotopic (exact) mass is 460 g/mol. The van der Waals surface area contributed by atoms with Gasteiger partial charge in [0.2, 0.25) is 5.89 Å². The van der Waals surface area contributed by atoms with Gasteiger partial charge < -0.3 is 4.42 Å². The lowest BCUT2D eigenvalue weighted by Gasteiger charge is -2.31. The van der Waals surface area contributed by atoms with Crippen LogP contribution in [0, 0.1) is 19.7 Å². The zero-order valence-corrected chi connectivity index (χ0v) is 18.9. The summed E-state index contributed by atoms with van der Waals surface area (Å²) in [6, 6.07) is 9.61. The molecular formula is C22H25FN4O4S. The quantitative estimate of drug-likeness (QED) is 0.588. The molecule has 8 nitrogen and oxygen atoms in total. The maximum Gasteiger partial charge on any atom is 0.434 e. The minimum atomic E-state index is -4.01. The fourth-order valence-electron chi connectivity index (χ4n) is 4.18. The number of aromatic amines is 1. The van der Waals surface area contributed by atoms with Gasteiger partial charge in [-0.05, 0) is 54.2 Å². The van der Waals surface area contributed by atoms with Crippen LogP contribution in [0.2, 0.25) is 0 Å². The van der Waals surface area contributed by atoms with Crippen molar-refractivity contribution in [2.75, 3.05) is 6.54 Å². The third-order valence-corrected chi connectivity index (χ3v) is 7.66. The van der Waals surface area contributed by atoms with Gasteiger partial charge in [-0.1, -0.05) is 37.3 Å². The van der Waals surface area contributed by atoms with E-state index in [4.69, 9.17) is 4.42 Å². The minimum absolute atomic E-state index is 0.149. The van der Waals surface area contributed by atoms with Gasteiger partial charge in [-0.15, -0.1) is 5.10 Å². The highest BCUT2D eigenvalue weighted by molar-refractivity contribution is 7.87. The molecule has 0 aliphatic carbocycles. The Morgan fingerprint density at radius 3 is 2.59 bits per heavy atom. The van der Waals surface area contributed by atoms with Crippen LogP contribution in [-0.2, 0) is 23.2 Å². The summed E-state index contributed by atoms with van der Waals surface area (Å²) in [5.74, 6) is -2.13. The van der Waals surface area contributed by atoms with Gasteiger partial charge in [-0.25, -0.2) is 14.3 Å². The molecule has 0 radical (unpaired) electrons. The van der Waals surface area contributed by atoms with Crippen LogP contribution < -0.4 is 10.5 Å². The molecule has 0 saturated carbocycles. The van der Waals surface area contributed by atoms with E-state index in [-0.39, 0.29) is 12.4 Å². The van der Waals surface area contributed by atoms with E-state index in [1.807, 2.05) is 31.2 Å². The highest BCUT2D eigenvalue weighted by Crippen LogP contribution is 2.35. The third-order valence-electron chi connectivity index (χ3n) is 6.12. The van der Waals surface area contributed by atoms with Crippen LogP contribution in [0.5, 0.6) is 0 Å². The smallest absolute Gasteiger partial charge is 0.391 e. The van der Waals surface area contributed by atoms with E-state index in [0.717, 1.165) is 16.7 Å². The fourth-order valence-corrected chi connectivity index (χ4v) is 5.60. The Hall–Kier alpha value is -2.82. The number of nitrogens with zero attached hydrogens (tertiary/aromatic N) is 2. The number of hydrogen-bond acceptors (Lipinski definition) is 5. The summed E-state index contributed by atoms with van der Waals surface area (Å²) in [6.45, 7) is 5.82. The van der Waals surface area contributed by atoms with Crippen molar-refractivity contribution in [1.29, 1.82) is 0 Å².